The average Bonchev–Trinajstić information content (AvgIpc) is 3.04. The number of ketones is 1. The number of carbonyl (C=O) groups is 3. The van der Waals surface area contributed by atoms with Gasteiger partial charge in [-0.25, -0.2) is 4.79 Å². The molecule has 0 atom stereocenters. The van der Waals surface area contributed by atoms with Crippen molar-refractivity contribution in [3.8, 4) is 5.75 Å². The van der Waals surface area contributed by atoms with Crippen LogP contribution in [0.4, 0.5) is 0 Å². The summed E-state index contributed by atoms with van der Waals surface area (Å²) in [5.74, 6) is 0.589. The summed E-state index contributed by atoms with van der Waals surface area (Å²) in [5.41, 5.74) is 0.939. The Bertz CT molecular complexity index is 791. The molecule has 1 amide bonds. The van der Waals surface area contributed by atoms with Crippen molar-refractivity contribution < 1.29 is 28.3 Å². The Labute approximate surface area is 151 Å². The molecule has 0 aliphatic rings. The quantitative estimate of drug-likeness (QED) is 0.575. The number of carbonyl (C=O) groups excluding carboxylic acids is 3. The first-order valence-corrected chi connectivity index (χ1v) is 8.15. The topological polar surface area (TPSA) is 94.8 Å². The first-order valence-electron chi connectivity index (χ1n) is 8.15. The molecule has 138 valence electrons. The molecule has 7 nitrogen and oxygen atoms in total. The molecule has 2 rings (SSSR count). The van der Waals surface area contributed by atoms with Crippen molar-refractivity contribution in [1.29, 1.82) is 0 Å². The number of amides is 1. The fourth-order valence-electron chi connectivity index (χ4n) is 2.27. The molecule has 1 aromatic carbocycles. The zero-order valence-electron chi connectivity index (χ0n) is 15.0. The van der Waals surface area contributed by atoms with Crippen LogP contribution in [0.1, 0.15) is 45.6 Å². The second-order valence-corrected chi connectivity index (χ2v) is 5.54. The summed E-state index contributed by atoms with van der Waals surface area (Å²) >= 11 is 0. The Hall–Kier alpha value is -3.09. The Morgan fingerprint density at radius 3 is 2.46 bits per heavy atom. The molecule has 1 heterocycles. The molecule has 0 radical (unpaired) electrons. The maximum Gasteiger partial charge on any atom is 0.341 e. The van der Waals surface area contributed by atoms with E-state index in [0.717, 1.165) is 0 Å². The molecule has 0 fully saturated rings. The normalized spacial score (nSPS) is 10.3. The predicted molar refractivity (Wildman–Crippen MR) is 93.2 cm³/mol. The van der Waals surface area contributed by atoms with Crippen LogP contribution in [0.15, 0.2) is 34.7 Å². The zero-order chi connectivity index (χ0) is 19.1. The van der Waals surface area contributed by atoms with Gasteiger partial charge in [-0.1, -0.05) is 6.92 Å². The van der Waals surface area contributed by atoms with Gasteiger partial charge in [0.25, 0.3) is 5.91 Å². The first-order chi connectivity index (χ1) is 12.4. The molecule has 0 saturated heterocycles. The monoisotopic (exact) mass is 359 g/mol. The molecule has 0 saturated carbocycles. The van der Waals surface area contributed by atoms with E-state index in [4.69, 9.17) is 9.15 Å². The number of benzene rings is 1. The summed E-state index contributed by atoms with van der Waals surface area (Å²) in [7, 11) is 1.29. The summed E-state index contributed by atoms with van der Waals surface area (Å²) in [6, 6.07) is 8.16. The minimum absolute atomic E-state index is 0.0503. The summed E-state index contributed by atoms with van der Waals surface area (Å²) in [6.45, 7) is 3.40. The summed E-state index contributed by atoms with van der Waals surface area (Å²) < 4.78 is 15.4. The third kappa shape index (κ3) is 4.95. The number of methoxy groups -OCH3 is 1. The molecule has 1 N–H and O–H groups in total. The van der Waals surface area contributed by atoms with Gasteiger partial charge in [0, 0.05) is 12.0 Å². The van der Waals surface area contributed by atoms with Gasteiger partial charge >= 0.3 is 5.97 Å². The predicted octanol–water partition coefficient (Wildman–Crippen LogP) is 2.66. The molecule has 1 aromatic heterocycles. The number of hydrogen-bond donors (Lipinski definition) is 1. The molecule has 0 bridgehead atoms. The number of hydrogen-bond acceptors (Lipinski definition) is 6. The number of esters is 1. The average molecular weight is 359 g/mol. The van der Waals surface area contributed by atoms with E-state index in [1.807, 2.05) is 0 Å². The van der Waals surface area contributed by atoms with Gasteiger partial charge in [0.2, 0.25) is 0 Å². The van der Waals surface area contributed by atoms with Crippen molar-refractivity contribution in [2.24, 2.45) is 0 Å². The number of nitrogens with one attached hydrogen (secondary N) is 1. The van der Waals surface area contributed by atoms with Crippen LogP contribution < -0.4 is 10.1 Å². The van der Waals surface area contributed by atoms with E-state index >= 15 is 0 Å². The standard InChI is InChI=1S/C19H21NO6/c1-4-17(21)13-5-7-14(8-6-13)25-11-18(22)20-10-15-9-16(12(2)26-15)19(23)24-3/h5-9H,4,10-11H2,1-3H3,(H,20,22). The zero-order valence-corrected chi connectivity index (χ0v) is 15.0. The lowest BCUT2D eigenvalue weighted by Crippen LogP contribution is -2.28. The van der Waals surface area contributed by atoms with Gasteiger partial charge in [0.15, 0.2) is 12.4 Å². The van der Waals surface area contributed by atoms with Crippen molar-refractivity contribution >= 4 is 17.7 Å². The van der Waals surface area contributed by atoms with Gasteiger partial charge in [-0.2, -0.15) is 0 Å². The number of ether oxygens (including phenoxy) is 2. The van der Waals surface area contributed by atoms with Crippen LogP contribution in [-0.4, -0.2) is 31.4 Å². The Morgan fingerprint density at radius 2 is 1.85 bits per heavy atom. The lowest BCUT2D eigenvalue weighted by atomic mass is 10.1. The lowest BCUT2D eigenvalue weighted by molar-refractivity contribution is -0.123. The highest BCUT2D eigenvalue weighted by Gasteiger charge is 2.15. The summed E-state index contributed by atoms with van der Waals surface area (Å²) in [5, 5.41) is 2.64. The maximum atomic E-state index is 11.9. The van der Waals surface area contributed by atoms with Crippen LogP contribution in [0.25, 0.3) is 0 Å². The van der Waals surface area contributed by atoms with E-state index in [2.05, 4.69) is 10.1 Å². The molecular formula is C19H21NO6. The van der Waals surface area contributed by atoms with Crippen LogP contribution >= 0.6 is 0 Å². The minimum Gasteiger partial charge on any atom is -0.484 e. The van der Waals surface area contributed by atoms with Crippen molar-refractivity contribution in [2.45, 2.75) is 26.8 Å². The lowest BCUT2D eigenvalue weighted by Gasteiger charge is -2.07. The number of furan rings is 1. The van der Waals surface area contributed by atoms with E-state index in [1.165, 1.54) is 13.2 Å². The Kier molecular flexibility index (Phi) is 6.54. The van der Waals surface area contributed by atoms with E-state index in [1.54, 1.807) is 38.1 Å². The molecule has 7 heteroatoms. The summed E-state index contributed by atoms with van der Waals surface area (Å²) in [4.78, 5) is 34.9. The molecular weight excluding hydrogens is 338 g/mol. The maximum absolute atomic E-state index is 11.9. The molecule has 0 spiro atoms. The fourth-order valence-corrected chi connectivity index (χ4v) is 2.27. The molecule has 2 aromatic rings. The summed E-state index contributed by atoms with van der Waals surface area (Å²) in [6.07, 6.45) is 0.437. The first kappa shape index (κ1) is 19.2. The van der Waals surface area contributed by atoms with E-state index in [0.29, 0.717) is 34.8 Å². The molecule has 0 aliphatic carbocycles. The minimum atomic E-state index is -0.489. The van der Waals surface area contributed by atoms with Gasteiger partial charge < -0.3 is 19.2 Å². The SMILES string of the molecule is CCC(=O)c1ccc(OCC(=O)NCc2cc(C(=O)OC)c(C)o2)cc1. The van der Waals surface area contributed by atoms with Crippen LogP contribution in [0.5, 0.6) is 5.75 Å². The van der Waals surface area contributed by atoms with Crippen molar-refractivity contribution in [3.63, 3.8) is 0 Å². The van der Waals surface area contributed by atoms with E-state index < -0.39 is 5.97 Å². The van der Waals surface area contributed by atoms with E-state index in [-0.39, 0.29) is 24.8 Å². The smallest absolute Gasteiger partial charge is 0.341 e. The Morgan fingerprint density at radius 1 is 1.15 bits per heavy atom. The third-order valence-corrected chi connectivity index (χ3v) is 3.70. The van der Waals surface area contributed by atoms with Crippen LogP contribution in [0.3, 0.4) is 0 Å². The van der Waals surface area contributed by atoms with Crippen molar-refractivity contribution in [1.82, 2.24) is 5.32 Å². The van der Waals surface area contributed by atoms with Gasteiger partial charge in [-0.15, -0.1) is 0 Å². The Balaban J connectivity index is 1.82. The fraction of sp³-hybridized carbons (Fsp3) is 0.316. The number of Topliss-reactive ketones (excluding diaryl/α,β-unsaturated/α-hetero) is 1. The van der Waals surface area contributed by atoms with Gasteiger partial charge in [0.1, 0.15) is 22.8 Å². The highest BCUT2D eigenvalue weighted by atomic mass is 16.5. The second kappa shape index (κ2) is 8.84. The highest BCUT2D eigenvalue weighted by molar-refractivity contribution is 5.95. The number of rotatable bonds is 8. The molecule has 0 aliphatic heterocycles. The van der Waals surface area contributed by atoms with Gasteiger partial charge in [-0.3, -0.25) is 9.59 Å². The molecule has 26 heavy (non-hydrogen) atoms. The van der Waals surface area contributed by atoms with Gasteiger partial charge in [-0.05, 0) is 37.3 Å². The van der Waals surface area contributed by atoms with Crippen molar-refractivity contribution in [2.75, 3.05) is 13.7 Å². The van der Waals surface area contributed by atoms with Crippen molar-refractivity contribution in [3.05, 3.63) is 53.0 Å². The van der Waals surface area contributed by atoms with E-state index in [9.17, 15) is 14.4 Å². The molecule has 0 unspecified atom stereocenters. The third-order valence-electron chi connectivity index (χ3n) is 3.70. The number of aryl methyl sites for hydroxylation is 1. The highest BCUT2D eigenvalue weighted by Crippen LogP contribution is 2.16. The van der Waals surface area contributed by atoms with Crippen LogP contribution in [0.2, 0.25) is 0 Å². The van der Waals surface area contributed by atoms with Gasteiger partial charge in [0.05, 0.1) is 13.7 Å². The second-order valence-electron chi connectivity index (χ2n) is 5.54. The van der Waals surface area contributed by atoms with Crippen LogP contribution in [-0.2, 0) is 16.1 Å². The van der Waals surface area contributed by atoms with Crippen LogP contribution in [0, 0.1) is 6.92 Å². The largest absolute Gasteiger partial charge is 0.484 e.